The molecule has 6 rings (SSSR count). The number of nitrogens with two attached hydrogens (primary N) is 1. The molecule has 2 aromatic heterocycles. The van der Waals surface area contributed by atoms with Gasteiger partial charge in [-0.25, -0.2) is 15.0 Å². The van der Waals surface area contributed by atoms with E-state index in [1.807, 2.05) is 10.3 Å². The van der Waals surface area contributed by atoms with E-state index in [9.17, 15) is 19.5 Å². The largest absolute Gasteiger partial charge is 0.492 e. The summed E-state index contributed by atoms with van der Waals surface area (Å²) in [6.07, 6.45) is 8.47. The van der Waals surface area contributed by atoms with E-state index in [0.717, 1.165) is 38.8 Å². The second kappa shape index (κ2) is 12.2. The Morgan fingerprint density at radius 3 is 2.55 bits per heavy atom. The summed E-state index contributed by atoms with van der Waals surface area (Å²) in [4.78, 5) is 40.8. The number of rotatable bonds is 5. The number of nitrogen functional groups attached to an aromatic ring is 1. The highest BCUT2D eigenvalue weighted by molar-refractivity contribution is 5.97. The number of hydrogen-bond acceptors (Lipinski definition) is 8. The number of nitrogens with one attached hydrogen (secondary N) is 2. The smallest absolute Gasteiger partial charge is 0.341 e. The van der Waals surface area contributed by atoms with Crippen LogP contribution in [0.15, 0.2) is 41.6 Å². The van der Waals surface area contributed by atoms with E-state index in [2.05, 4.69) is 10.3 Å². The minimum absolute atomic E-state index is 0. The van der Waals surface area contributed by atoms with Crippen LogP contribution in [0, 0.1) is 11.7 Å². The van der Waals surface area contributed by atoms with E-state index >= 15 is 4.39 Å². The molecule has 5 N–H and O–H groups in total. The summed E-state index contributed by atoms with van der Waals surface area (Å²) >= 11 is 0. The second-order valence-corrected chi connectivity index (χ2v) is 10.0. The van der Waals surface area contributed by atoms with Gasteiger partial charge in [0.25, 0.3) is 5.91 Å². The van der Waals surface area contributed by atoms with Gasteiger partial charge in [0.1, 0.15) is 11.3 Å². The number of anilines is 1. The Bertz CT molecular complexity index is 1450. The first-order valence-corrected chi connectivity index (χ1v) is 12.9. The van der Waals surface area contributed by atoms with Crippen LogP contribution >= 0.6 is 12.4 Å². The lowest BCUT2D eigenvalue weighted by Gasteiger charge is -2.25. The van der Waals surface area contributed by atoms with Gasteiger partial charge in [-0.1, -0.05) is 0 Å². The molecule has 3 aromatic rings. The fourth-order valence-corrected chi connectivity index (χ4v) is 5.54. The van der Waals surface area contributed by atoms with Gasteiger partial charge in [0.2, 0.25) is 5.43 Å². The van der Waals surface area contributed by atoms with Crippen molar-refractivity contribution < 1.29 is 23.8 Å². The summed E-state index contributed by atoms with van der Waals surface area (Å²) < 4.78 is 22.8. The zero-order valence-electron chi connectivity index (χ0n) is 21.9. The third-order valence-electron chi connectivity index (χ3n) is 7.56. The molecule has 4 heterocycles. The number of benzene rings is 1. The first-order valence-electron chi connectivity index (χ1n) is 12.9. The molecule has 1 saturated carbocycles. The van der Waals surface area contributed by atoms with Crippen molar-refractivity contribution in [3.8, 4) is 5.75 Å². The number of hydrogen-bond donors (Lipinski definition) is 4. The predicted octanol–water partition coefficient (Wildman–Crippen LogP) is 2.48. The molecule has 13 heteroatoms. The summed E-state index contributed by atoms with van der Waals surface area (Å²) in [5.74, 6) is 3.51. The number of carbonyl (C=O) groups is 2. The van der Waals surface area contributed by atoms with Crippen LogP contribution in [-0.2, 0) is 0 Å². The number of methoxy groups -OCH3 is 1. The number of carboxylic acids is 1. The Labute approximate surface area is 235 Å². The summed E-state index contributed by atoms with van der Waals surface area (Å²) in [7, 11) is 1.48. The van der Waals surface area contributed by atoms with Gasteiger partial charge in [-0.2, -0.15) is 0 Å². The number of ether oxygens (including phenoxy) is 1. The quantitative estimate of drug-likeness (QED) is 0.204. The lowest BCUT2D eigenvalue weighted by molar-refractivity contribution is 0.0694. The molecule has 2 saturated heterocycles. The molecular weight excluding hydrogens is 543 g/mol. The van der Waals surface area contributed by atoms with Crippen LogP contribution in [0.25, 0.3) is 10.9 Å². The van der Waals surface area contributed by atoms with Crippen molar-refractivity contribution in [3.63, 3.8) is 0 Å². The Balaban J connectivity index is 0.000000287. The number of aromatic nitrogens is 2. The van der Waals surface area contributed by atoms with Gasteiger partial charge >= 0.3 is 5.97 Å². The van der Waals surface area contributed by atoms with Crippen molar-refractivity contribution in [1.82, 2.24) is 20.3 Å². The van der Waals surface area contributed by atoms with Crippen molar-refractivity contribution in [2.24, 2.45) is 11.8 Å². The van der Waals surface area contributed by atoms with Gasteiger partial charge in [-0.05, 0) is 56.3 Å². The number of nitrogens with zero attached hydrogens (tertiary/aromatic N) is 3. The van der Waals surface area contributed by atoms with E-state index in [0.29, 0.717) is 41.0 Å². The third-order valence-corrected chi connectivity index (χ3v) is 7.56. The number of hydrazine groups is 1. The van der Waals surface area contributed by atoms with Gasteiger partial charge in [0.15, 0.2) is 11.6 Å². The number of piperidine rings is 1. The normalized spacial score (nSPS) is 19.6. The van der Waals surface area contributed by atoms with Crippen LogP contribution < -0.4 is 31.7 Å². The topological polar surface area (TPSA) is 152 Å². The number of pyridine rings is 2. The predicted molar refractivity (Wildman–Crippen MR) is 150 cm³/mol. The average Bonchev–Trinajstić information content (AvgIpc) is 3.71. The molecule has 40 heavy (non-hydrogen) atoms. The van der Waals surface area contributed by atoms with Crippen molar-refractivity contribution in [3.05, 3.63) is 64.0 Å². The van der Waals surface area contributed by atoms with Gasteiger partial charge in [0, 0.05) is 49.3 Å². The van der Waals surface area contributed by atoms with Crippen LogP contribution in [-0.4, -0.2) is 59.3 Å². The lowest BCUT2D eigenvalue weighted by atomic mass is 9.94. The Morgan fingerprint density at radius 2 is 1.95 bits per heavy atom. The molecular formula is C27H32ClFN6O5. The van der Waals surface area contributed by atoms with Crippen LogP contribution in [0.5, 0.6) is 5.75 Å². The molecule has 3 fully saturated rings. The second-order valence-electron chi connectivity index (χ2n) is 10.0. The Morgan fingerprint density at radius 1 is 1.23 bits per heavy atom. The van der Waals surface area contributed by atoms with E-state index in [4.69, 9.17) is 10.6 Å². The van der Waals surface area contributed by atoms with E-state index < -0.39 is 17.2 Å². The molecule has 0 radical (unpaired) electrons. The van der Waals surface area contributed by atoms with Crippen molar-refractivity contribution >= 4 is 40.9 Å². The summed E-state index contributed by atoms with van der Waals surface area (Å²) in [6, 6.07) is 4.79. The molecule has 1 aromatic carbocycles. The zero-order valence-corrected chi connectivity index (χ0v) is 22.7. The summed E-state index contributed by atoms with van der Waals surface area (Å²) in [5, 5.41) is 13.0. The number of carbonyl (C=O) groups excluding carboxylic acids is 1. The molecule has 0 spiro atoms. The van der Waals surface area contributed by atoms with Gasteiger partial charge < -0.3 is 24.6 Å². The maximum Gasteiger partial charge on any atom is 0.341 e. The minimum Gasteiger partial charge on any atom is -0.492 e. The molecule has 2 unspecified atom stereocenters. The highest BCUT2D eigenvalue weighted by Gasteiger charge is 2.38. The van der Waals surface area contributed by atoms with Crippen LogP contribution in [0.1, 0.15) is 52.4 Å². The van der Waals surface area contributed by atoms with E-state index in [-0.39, 0.29) is 35.3 Å². The molecule has 214 valence electrons. The maximum absolute atomic E-state index is 15.3. The zero-order chi connectivity index (χ0) is 27.7. The summed E-state index contributed by atoms with van der Waals surface area (Å²) in [6.45, 7) is 2.40. The van der Waals surface area contributed by atoms with Gasteiger partial charge in [0.05, 0.1) is 18.0 Å². The van der Waals surface area contributed by atoms with Crippen molar-refractivity contribution in [1.29, 1.82) is 0 Å². The number of fused-ring (bicyclic) bond motifs is 2. The first kappa shape index (κ1) is 29.2. The van der Waals surface area contributed by atoms with Crippen molar-refractivity contribution in [2.45, 2.75) is 37.8 Å². The van der Waals surface area contributed by atoms with Crippen LogP contribution in [0.3, 0.4) is 0 Å². The Hall–Kier alpha value is -3.74. The number of carboxylic acid groups (broad SMARTS) is 1. The monoisotopic (exact) mass is 574 g/mol. The first-order chi connectivity index (χ1) is 18.8. The molecule has 11 nitrogen and oxygen atoms in total. The number of aromatic carboxylic acids is 1. The molecule has 0 bridgehead atoms. The molecule has 2 aliphatic heterocycles. The van der Waals surface area contributed by atoms with Gasteiger partial charge in [-0.3, -0.25) is 20.0 Å². The number of amides is 1. The number of halogens is 2. The van der Waals surface area contributed by atoms with Gasteiger partial charge in [-0.15, -0.1) is 12.4 Å². The Kier molecular flexibility index (Phi) is 8.92. The minimum atomic E-state index is -1.30. The molecule has 2 atom stereocenters. The van der Waals surface area contributed by atoms with Crippen LogP contribution in [0.2, 0.25) is 0 Å². The highest BCUT2D eigenvalue weighted by Crippen LogP contribution is 2.45. The third kappa shape index (κ3) is 5.60. The standard InChI is InChI=1S/C21H24FN3O4.C6H7N3O.ClH/c1-29-20-17-13(19(26)14(21(27)28)9-25(17)12-4-5-12)7-15(22)18(20)24-8-11-3-2-6-23-16(11)10-24;7-9-6(10)5-1-3-8-4-2-5;/h7,9,11-12,16,23H,2-6,8,10H2,1H3,(H,27,28);1-4H,7H2,(H,9,10);1H. The fourth-order valence-electron chi connectivity index (χ4n) is 5.54. The molecule has 1 aliphatic carbocycles. The highest BCUT2D eigenvalue weighted by atomic mass is 35.5. The SMILES string of the molecule is COc1c(N2CC3CCCNC3C2)c(F)cc2c(=O)c(C(=O)O)cn(C3CC3)c12.Cl.NNC(=O)c1ccncc1. The van der Waals surface area contributed by atoms with Crippen LogP contribution in [0.4, 0.5) is 10.1 Å². The lowest BCUT2D eigenvalue weighted by Crippen LogP contribution is -2.40. The summed E-state index contributed by atoms with van der Waals surface area (Å²) in [5.41, 5.74) is 2.37. The van der Waals surface area contributed by atoms with E-state index in [1.54, 1.807) is 16.7 Å². The maximum atomic E-state index is 15.3. The van der Waals surface area contributed by atoms with Crippen molar-refractivity contribution in [2.75, 3.05) is 31.6 Å². The fraction of sp³-hybridized carbons (Fsp3) is 0.407. The van der Waals surface area contributed by atoms with E-state index in [1.165, 1.54) is 31.8 Å². The average molecular weight is 575 g/mol. The molecule has 1 amide bonds. The molecule has 3 aliphatic rings.